The minimum Gasteiger partial charge on any atom is -0.388 e. The minimum absolute atomic E-state index is 0.305. The maximum absolute atomic E-state index is 12.0. The fourth-order valence-corrected chi connectivity index (χ4v) is 2.72. The van der Waals surface area contributed by atoms with Crippen LogP contribution in [-0.2, 0) is 10.0 Å². The van der Waals surface area contributed by atoms with Crippen molar-refractivity contribution in [1.29, 1.82) is 0 Å². The van der Waals surface area contributed by atoms with E-state index in [0.717, 1.165) is 25.1 Å². The topological polar surface area (TPSA) is 61.4 Å². The molecule has 2 N–H and O–H groups in total. The smallest absolute Gasteiger partial charge is 0.240 e. The van der Waals surface area contributed by atoms with Crippen molar-refractivity contribution in [2.75, 3.05) is 39.5 Å². The van der Waals surface area contributed by atoms with Crippen LogP contribution < -0.4 is 10.0 Å². The van der Waals surface area contributed by atoms with Gasteiger partial charge < -0.3 is 10.2 Å². The van der Waals surface area contributed by atoms with Crippen LogP contribution in [0.3, 0.4) is 0 Å². The molecular weight excluding hydrogens is 262 g/mol. The standard InChI is InChI=1S/C13H23N3O2S/c1-14-12-6-8-13(9-7-12)19(17,18)15-10-4-5-11-16(2)3/h6-9,14-15H,4-5,10-11H2,1-3H3. The van der Waals surface area contributed by atoms with Gasteiger partial charge >= 0.3 is 0 Å². The molecule has 1 aromatic rings. The van der Waals surface area contributed by atoms with E-state index in [2.05, 4.69) is 14.9 Å². The van der Waals surface area contributed by atoms with E-state index in [1.54, 1.807) is 31.3 Å². The molecule has 1 aromatic carbocycles. The SMILES string of the molecule is CNc1ccc(S(=O)(=O)NCCCCN(C)C)cc1. The van der Waals surface area contributed by atoms with E-state index in [-0.39, 0.29) is 0 Å². The molecule has 0 saturated heterocycles. The first kappa shape index (κ1) is 15.9. The normalized spacial score (nSPS) is 11.8. The van der Waals surface area contributed by atoms with Crippen LogP contribution in [0, 0.1) is 0 Å². The number of sulfonamides is 1. The lowest BCUT2D eigenvalue weighted by Gasteiger charge is -2.10. The number of anilines is 1. The summed E-state index contributed by atoms with van der Waals surface area (Å²) in [6.07, 6.45) is 1.82. The van der Waals surface area contributed by atoms with Crippen molar-refractivity contribution in [3.05, 3.63) is 24.3 Å². The molecule has 108 valence electrons. The second-order valence-electron chi connectivity index (χ2n) is 4.68. The average molecular weight is 285 g/mol. The van der Waals surface area contributed by atoms with Gasteiger partial charge in [-0.3, -0.25) is 0 Å². The Morgan fingerprint density at radius 2 is 1.74 bits per heavy atom. The van der Waals surface area contributed by atoms with Gasteiger partial charge in [0.2, 0.25) is 10.0 Å². The zero-order valence-corrected chi connectivity index (χ0v) is 12.6. The summed E-state index contributed by atoms with van der Waals surface area (Å²) in [5, 5.41) is 2.96. The summed E-state index contributed by atoms with van der Waals surface area (Å²) in [4.78, 5) is 2.39. The Morgan fingerprint density at radius 1 is 1.11 bits per heavy atom. The summed E-state index contributed by atoms with van der Waals surface area (Å²) < 4.78 is 26.6. The largest absolute Gasteiger partial charge is 0.388 e. The van der Waals surface area contributed by atoms with Gasteiger partial charge in [-0.05, 0) is 57.7 Å². The molecule has 0 aromatic heterocycles. The van der Waals surface area contributed by atoms with Crippen LogP contribution in [0.5, 0.6) is 0 Å². The molecule has 0 aliphatic rings. The first-order chi connectivity index (χ1) is 8.95. The van der Waals surface area contributed by atoms with Crippen LogP contribution >= 0.6 is 0 Å². The van der Waals surface area contributed by atoms with E-state index in [4.69, 9.17) is 0 Å². The fraction of sp³-hybridized carbons (Fsp3) is 0.538. The van der Waals surface area contributed by atoms with Gasteiger partial charge in [-0.15, -0.1) is 0 Å². The van der Waals surface area contributed by atoms with Crippen molar-refractivity contribution < 1.29 is 8.42 Å². The van der Waals surface area contributed by atoms with Crippen LogP contribution in [0.4, 0.5) is 5.69 Å². The molecule has 0 saturated carbocycles. The Bertz CT molecular complexity index is 469. The van der Waals surface area contributed by atoms with Crippen molar-refractivity contribution in [2.24, 2.45) is 0 Å². The number of rotatable bonds is 8. The van der Waals surface area contributed by atoms with Crippen molar-refractivity contribution >= 4 is 15.7 Å². The molecule has 0 bridgehead atoms. The molecule has 5 nitrogen and oxygen atoms in total. The van der Waals surface area contributed by atoms with E-state index >= 15 is 0 Å². The van der Waals surface area contributed by atoms with E-state index in [0.29, 0.717) is 11.4 Å². The molecule has 0 aliphatic carbocycles. The van der Waals surface area contributed by atoms with Gasteiger partial charge in [0.15, 0.2) is 0 Å². The molecule has 0 radical (unpaired) electrons. The predicted molar refractivity (Wildman–Crippen MR) is 79.0 cm³/mol. The molecule has 0 heterocycles. The predicted octanol–water partition coefficient (Wildman–Crippen LogP) is 1.35. The van der Waals surface area contributed by atoms with Crippen molar-refractivity contribution in [1.82, 2.24) is 9.62 Å². The highest BCUT2D eigenvalue weighted by Gasteiger charge is 2.12. The van der Waals surface area contributed by atoms with Crippen molar-refractivity contribution in [3.63, 3.8) is 0 Å². The number of unbranched alkanes of at least 4 members (excludes halogenated alkanes) is 1. The highest BCUT2D eigenvalue weighted by molar-refractivity contribution is 7.89. The first-order valence-corrected chi connectivity index (χ1v) is 7.86. The number of benzene rings is 1. The third kappa shape index (κ3) is 5.59. The van der Waals surface area contributed by atoms with Gasteiger partial charge in [-0.2, -0.15) is 0 Å². The summed E-state index contributed by atoms with van der Waals surface area (Å²) in [6.45, 7) is 1.45. The number of hydrogen-bond donors (Lipinski definition) is 2. The van der Waals surface area contributed by atoms with Gasteiger partial charge in [0.05, 0.1) is 4.90 Å². The molecule has 0 unspecified atom stereocenters. The average Bonchev–Trinajstić information content (AvgIpc) is 2.38. The van der Waals surface area contributed by atoms with E-state index in [1.165, 1.54) is 0 Å². The Hall–Kier alpha value is -1.11. The van der Waals surface area contributed by atoms with Gasteiger partial charge in [-0.1, -0.05) is 0 Å². The lowest BCUT2D eigenvalue weighted by molar-refractivity contribution is 0.394. The minimum atomic E-state index is -3.38. The highest BCUT2D eigenvalue weighted by Crippen LogP contribution is 2.13. The maximum atomic E-state index is 12.0. The zero-order valence-electron chi connectivity index (χ0n) is 11.8. The molecule has 6 heteroatoms. The molecule has 19 heavy (non-hydrogen) atoms. The van der Waals surface area contributed by atoms with E-state index in [1.807, 2.05) is 14.1 Å². The van der Waals surface area contributed by atoms with Crippen molar-refractivity contribution in [2.45, 2.75) is 17.7 Å². The van der Waals surface area contributed by atoms with Crippen LogP contribution in [-0.4, -0.2) is 47.6 Å². The van der Waals surface area contributed by atoms with Gasteiger partial charge in [-0.25, -0.2) is 13.1 Å². The van der Waals surface area contributed by atoms with Crippen molar-refractivity contribution in [3.8, 4) is 0 Å². The lowest BCUT2D eigenvalue weighted by Crippen LogP contribution is -2.25. The molecule has 0 spiro atoms. The Kier molecular flexibility index (Phi) is 6.27. The fourth-order valence-electron chi connectivity index (χ4n) is 1.64. The lowest BCUT2D eigenvalue weighted by atomic mass is 10.3. The Labute approximate surface area is 116 Å². The highest BCUT2D eigenvalue weighted by atomic mass is 32.2. The molecule has 0 fully saturated rings. The van der Waals surface area contributed by atoms with E-state index < -0.39 is 10.0 Å². The molecular formula is C13H23N3O2S. The second kappa shape index (κ2) is 7.47. The number of hydrogen-bond acceptors (Lipinski definition) is 4. The number of nitrogens with one attached hydrogen (secondary N) is 2. The summed E-state index contributed by atoms with van der Waals surface area (Å²) in [6, 6.07) is 6.71. The van der Waals surface area contributed by atoms with Gasteiger partial charge in [0.1, 0.15) is 0 Å². The van der Waals surface area contributed by atoms with Crippen LogP contribution in [0.15, 0.2) is 29.2 Å². The van der Waals surface area contributed by atoms with Gasteiger partial charge in [0.25, 0.3) is 0 Å². The quantitative estimate of drug-likeness (QED) is 0.708. The monoisotopic (exact) mass is 285 g/mol. The molecule has 0 atom stereocenters. The molecule has 0 aliphatic heterocycles. The summed E-state index contributed by atoms with van der Waals surface area (Å²) in [5.41, 5.74) is 0.893. The number of nitrogens with zero attached hydrogens (tertiary/aromatic N) is 1. The maximum Gasteiger partial charge on any atom is 0.240 e. The summed E-state index contributed by atoms with van der Waals surface area (Å²) in [5.74, 6) is 0. The molecule has 1 rings (SSSR count). The van der Waals surface area contributed by atoms with Gasteiger partial charge in [0, 0.05) is 19.3 Å². The summed E-state index contributed by atoms with van der Waals surface area (Å²) in [7, 11) is 2.44. The first-order valence-electron chi connectivity index (χ1n) is 6.38. The van der Waals surface area contributed by atoms with Crippen LogP contribution in [0.1, 0.15) is 12.8 Å². The van der Waals surface area contributed by atoms with Crippen LogP contribution in [0.25, 0.3) is 0 Å². The third-order valence-electron chi connectivity index (χ3n) is 2.78. The van der Waals surface area contributed by atoms with E-state index in [9.17, 15) is 8.42 Å². The second-order valence-corrected chi connectivity index (χ2v) is 6.45. The molecule has 0 amide bonds. The van der Waals surface area contributed by atoms with Crippen LogP contribution in [0.2, 0.25) is 0 Å². The summed E-state index contributed by atoms with van der Waals surface area (Å²) >= 11 is 0. The Balaban J connectivity index is 2.46. The zero-order chi connectivity index (χ0) is 14.3. The Morgan fingerprint density at radius 3 is 2.26 bits per heavy atom. The third-order valence-corrected chi connectivity index (χ3v) is 4.25.